The largest absolute Gasteiger partial charge is 0.490 e. The van der Waals surface area contributed by atoms with Gasteiger partial charge in [-0.3, -0.25) is 4.79 Å². The number of amides is 1. The molecule has 0 unspecified atom stereocenters. The summed E-state index contributed by atoms with van der Waals surface area (Å²) in [6.45, 7) is 0.0165. The van der Waals surface area contributed by atoms with Gasteiger partial charge in [0, 0.05) is 27.2 Å². The van der Waals surface area contributed by atoms with Crippen molar-refractivity contribution in [2.75, 3.05) is 24.6 Å². The van der Waals surface area contributed by atoms with Gasteiger partial charge in [0.25, 0.3) is 0 Å². The first-order valence-electron chi connectivity index (χ1n) is 9.98. The van der Waals surface area contributed by atoms with E-state index in [1.165, 1.54) is 29.2 Å². The molecule has 0 saturated carbocycles. The quantitative estimate of drug-likeness (QED) is 0.440. The van der Waals surface area contributed by atoms with Crippen molar-refractivity contribution in [3.63, 3.8) is 0 Å². The maximum absolute atomic E-state index is 13.5. The number of carbonyl (C=O) groups is 1. The van der Waals surface area contributed by atoms with E-state index in [1.54, 1.807) is 36.4 Å². The molecule has 0 aromatic heterocycles. The van der Waals surface area contributed by atoms with Crippen molar-refractivity contribution in [2.24, 2.45) is 0 Å². The monoisotopic (exact) mass is 524 g/mol. The van der Waals surface area contributed by atoms with Crippen molar-refractivity contribution in [2.45, 2.75) is 11.4 Å². The van der Waals surface area contributed by atoms with E-state index in [0.717, 1.165) is 4.31 Å². The number of para-hydroxylation sites is 2. The summed E-state index contributed by atoms with van der Waals surface area (Å²) in [7, 11) is -4.08. The van der Waals surface area contributed by atoms with Crippen molar-refractivity contribution in [3.05, 3.63) is 87.4 Å². The van der Waals surface area contributed by atoms with Crippen molar-refractivity contribution in [1.82, 2.24) is 4.31 Å². The third-order valence-electron chi connectivity index (χ3n) is 5.19. The summed E-state index contributed by atoms with van der Waals surface area (Å²) in [5, 5.41) is 1.02. The first-order valence-corrected chi connectivity index (χ1v) is 12.6. The van der Waals surface area contributed by atoms with Crippen LogP contribution in [0, 0.1) is 0 Å². The Morgan fingerprint density at radius 1 is 0.939 bits per heavy atom. The summed E-state index contributed by atoms with van der Waals surface area (Å²) >= 11 is 18.5. The van der Waals surface area contributed by atoms with Crippen molar-refractivity contribution in [3.8, 4) is 5.75 Å². The van der Waals surface area contributed by atoms with Gasteiger partial charge in [-0.1, -0.05) is 53.0 Å². The lowest BCUT2D eigenvalue weighted by molar-refractivity contribution is -0.119. The molecular formula is C23H19Cl3N2O4S. The number of sulfonamides is 1. The third-order valence-corrected chi connectivity index (χ3v) is 7.95. The number of benzene rings is 3. The maximum Gasteiger partial charge on any atom is 0.243 e. The predicted octanol–water partition coefficient (Wildman–Crippen LogP) is 5.26. The lowest BCUT2D eigenvalue weighted by Gasteiger charge is -2.31. The van der Waals surface area contributed by atoms with Gasteiger partial charge in [-0.05, 0) is 48.5 Å². The van der Waals surface area contributed by atoms with Gasteiger partial charge in [-0.2, -0.15) is 4.31 Å². The molecule has 1 aliphatic heterocycles. The van der Waals surface area contributed by atoms with E-state index in [1.807, 2.05) is 6.07 Å². The van der Waals surface area contributed by atoms with Crippen LogP contribution < -0.4 is 9.64 Å². The molecule has 1 amide bonds. The molecule has 172 valence electrons. The molecule has 10 heteroatoms. The van der Waals surface area contributed by atoms with E-state index < -0.39 is 22.5 Å². The van der Waals surface area contributed by atoms with E-state index >= 15 is 0 Å². The summed E-state index contributed by atoms with van der Waals surface area (Å²) in [6, 6.07) is 17.8. The molecule has 0 radical (unpaired) electrons. The molecule has 0 spiro atoms. The van der Waals surface area contributed by atoms with Crippen LogP contribution in [0.15, 0.2) is 71.6 Å². The van der Waals surface area contributed by atoms with Crippen LogP contribution in [0.25, 0.3) is 0 Å². The summed E-state index contributed by atoms with van der Waals surface area (Å²) in [6.07, 6.45) is 0. The zero-order chi connectivity index (χ0) is 23.6. The average Bonchev–Trinajstić information content (AvgIpc) is 2.80. The lowest BCUT2D eigenvalue weighted by Crippen LogP contribution is -2.45. The molecule has 0 aliphatic carbocycles. The highest BCUT2D eigenvalue weighted by molar-refractivity contribution is 7.89. The van der Waals surface area contributed by atoms with Crippen LogP contribution in [0.1, 0.15) is 5.56 Å². The van der Waals surface area contributed by atoms with Gasteiger partial charge in [0.2, 0.25) is 15.9 Å². The lowest BCUT2D eigenvalue weighted by atomic mass is 10.2. The van der Waals surface area contributed by atoms with E-state index in [2.05, 4.69) is 0 Å². The molecule has 1 aliphatic rings. The van der Waals surface area contributed by atoms with Crippen LogP contribution in [-0.2, 0) is 21.4 Å². The number of anilines is 1. The highest BCUT2D eigenvalue weighted by atomic mass is 35.5. The van der Waals surface area contributed by atoms with Gasteiger partial charge in [-0.25, -0.2) is 8.42 Å². The van der Waals surface area contributed by atoms with Crippen molar-refractivity contribution in [1.29, 1.82) is 0 Å². The Bertz CT molecular complexity index is 1260. The molecule has 1 heterocycles. The number of hydrogen-bond acceptors (Lipinski definition) is 4. The van der Waals surface area contributed by atoms with Crippen LogP contribution in [0.5, 0.6) is 5.75 Å². The van der Waals surface area contributed by atoms with Crippen LogP contribution in [0.4, 0.5) is 5.69 Å². The number of halogens is 3. The van der Waals surface area contributed by atoms with E-state index in [-0.39, 0.29) is 11.4 Å². The minimum absolute atomic E-state index is 0.00486. The Morgan fingerprint density at radius 2 is 1.61 bits per heavy atom. The van der Waals surface area contributed by atoms with Crippen LogP contribution in [0.3, 0.4) is 0 Å². The molecule has 3 aromatic carbocycles. The fraction of sp³-hybridized carbons (Fsp3) is 0.174. The normalized spacial score (nSPS) is 13.5. The van der Waals surface area contributed by atoms with E-state index in [9.17, 15) is 13.2 Å². The Labute approximate surface area is 207 Å². The molecule has 33 heavy (non-hydrogen) atoms. The molecule has 3 aromatic rings. The van der Waals surface area contributed by atoms with Crippen LogP contribution in [-0.4, -0.2) is 38.3 Å². The molecule has 0 N–H and O–H groups in total. The standard InChI is InChI=1S/C23H19Cl3N2O4S/c24-16-8-10-17(11-9-16)33(30,31)27(14-18-19(25)4-3-5-20(18)26)15-23(29)28-12-13-32-22-7-2-1-6-21(22)28/h1-11H,12-15H2. The minimum atomic E-state index is -4.08. The Hall–Kier alpha value is -2.29. The molecule has 6 nitrogen and oxygen atoms in total. The summed E-state index contributed by atoms with van der Waals surface area (Å²) in [5.74, 6) is 0.171. The number of rotatable bonds is 6. The minimum Gasteiger partial charge on any atom is -0.490 e. The summed E-state index contributed by atoms with van der Waals surface area (Å²) in [4.78, 5) is 14.9. The first kappa shape index (κ1) is 23.9. The Kier molecular flexibility index (Phi) is 7.16. The number of ether oxygens (including phenoxy) is 1. The molecule has 0 fully saturated rings. The first-order chi connectivity index (χ1) is 15.8. The van der Waals surface area contributed by atoms with E-state index in [4.69, 9.17) is 39.5 Å². The second kappa shape index (κ2) is 9.91. The summed E-state index contributed by atoms with van der Waals surface area (Å²) < 4.78 is 33.8. The number of hydrogen-bond donors (Lipinski definition) is 0. The van der Waals surface area contributed by atoms with Crippen LogP contribution >= 0.6 is 34.8 Å². The molecule has 0 saturated heterocycles. The zero-order valence-corrected chi connectivity index (χ0v) is 20.3. The number of nitrogens with zero attached hydrogens (tertiary/aromatic N) is 2. The average molecular weight is 526 g/mol. The molecule has 4 rings (SSSR count). The van der Waals surface area contributed by atoms with Gasteiger partial charge in [0.05, 0.1) is 23.7 Å². The summed E-state index contributed by atoms with van der Waals surface area (Å²) in [5.41, 5.74) is 1.00. The van der Waals surface area contributed by atoms with Gasteiger partial charge >= 0.3 is 0 Å². The molecule has 0 bridgehead atoms. The zero-order valence-electron chi connectivity index (χ0n) is 17.2. The van der Waals surface area contributed by atoms with Gasteiger partial charge in [0.1, 0.15) is 12.4 Å². The fourth-order valence-corrected chi connectivity index (χ4v) is 5.51. The second-order valence-corrected chi connectivity index (χ2v) is 10.5. The van der Waals surface area contributed by atoms with Gasteiger partial charge in [-0.15, -0.1) is 0 Å². The number of carbonyl (C=O) groups excluding carboxylic acids is 1. The molecular weight excluding hydrogens is 507 g/mol. The third kappa shape index (κ3) is 5.13. The Morgan fingerprint density at radius 3 is 2.30 bits per heavy atom. The number of fused-ring (bicyclic) bond motifs is 1. The highest BCUT2D eigenvalue weighted by Gasteiger charge is 2.32. The topological polar surface area (TPSA) is 66.9 Å². The SMILES string of the molecule is O=C(CN(Cc1c(Cl)cccc1Cl)S(=O)(=O)c1ccc(Cl)cc1)N1CCOc2ccccc21. The molecule has 0 atom stereocenters. The maximum atomic E-state index is 13.5. The smallest absolute Gasteiger partial charge is 0.243 e. The second-order valence-electron chi connectivity index (χ2n) is 7.29. The van der Waals surface area contributed by atoms with Crippen molar-refractivity contribution < 1.29 is 17.9 Å². The highest BCUT2D eigenvalue weighted by Crippen LogP contribution is 2.32. The Balaban J connectivity index is 1.70. The van der Waals surface area contributed by atoms with Crippen LogP contribution in [0.2, 0.25) is 15.1 Å². The van der Waals surface area contributed by atoms with Gasteiger partial charge < -0.3 is 9.64 Å². The van der Waals surface area contributed by atoms with Gasteiger partial charge in [0.15, 0.2) is 0 Å². The van der Waals surface area contributed by atoms with E-state index in [0.29, 0.717) is 45.2 Å². The van der Waals surface area contributed by atoms with Crippen molar-refractivity contribution >= 4 is 56.4 Å². The predicted molar refractivity (Wildman–Crippen MR) is 130 cm³/mol. The fourth-order valence-electron chi connectivity index (χ4n) is 3.51.